The standard InChI is InChI=1S/C9H6BrClO2/c10-6-4-9-5(3-7(6)11)8(12)1-2-13-9/h3-4H,1-2H2. The lowest BCUT2D eigenvalue weighted by Gasteiger charge is -2.16. The lowest BCUT2D eigenvalue weighted by molar-refractivity contribution is 0.0933. The van der Waals surface area contributed by atoms with Crippen molar-refractivity contribution in [1.29, 1.82) is 0 Å². The summed E-state index contributed by atoms with van der Waals surface area (Å²) in [7, 11) is 0. The number of carbonyl (C=O) groups excluding carboxylic acids is 1. The maximum atomic E-state index is 11.4. The summed E-state index contributed by atoms with van der Waals surface area (Å²) in [5.74, 6) is 0.711. The molecule has 0 N–H and O–H groups in total. The molecule has 0 aromatic heterocycles. The Balaban J connectivity index is 2.58. The topological polar surface area (TPSA) is 26.3 Å². The van der Waals surface area contributed by atoms with Gasteiger partial charge in [-0.25, -0.2) is 0 Å². The molecule has 1 aliphatic heterocycles. The van der Waals surface area contributed by atoms with Crippen LogP contribution in [0.25, 0.3) is 0 Å². The highest BCUT2D eigenvalue weighted by atomic mass is 79.9. The average molecular weight is 262 g/mol. The molecular weight excluding hydrogens is 255 g/mol. The Kier molecular flexibility index (Phi) is 2.30. The van der Waals surface area contributed by atoms with Crippen LogP contribution in [-0.4, -0.2) is 12.4 Å². The molecule has 0 spiro atoms. The predicted molar refractivity (Wildman–Crippen MR) is 53.6 cm³/mol. The van der Waals surface area contributed by atoms with Gasteiger partial charge in [-0.15, -0.1) is 0 Å². The van der Waals surface area contributed by atoms with Crippen LogP contribution in [0.15, 0.2) is 16.6 Å². The van der Waals surface area contributed by atoms with Gasteiger partial charge in [0.15, 0.2) is 5.78 Å². The quantitative estimate of drug-likeness (QED) is 0.717. The number of hydrogen-bond acceptors (Lipinski definition) is 2. The Morgan fingerprint density at radius 2 is 2.23 bits per heavy atom. The fourth-order valence-electron chi connectivity index (χ4n) is 1.25. The summed E-state index contributed by atoms with van der Waals surface area (Å²) in [6.45, 7) is 0.458. The minimum Gasteiger partial charge on any atom is -0.492 e. The van der Waals surface area contributed by atoms with Gasteiger partial charge in [0.1, 0.15) is 5.75 Å². The first-order valence-corrected chi connectivity index (χ1v) is 5.00. The molecule has 0 saturated heterocycles. The van der Waals surface area contributed by atoms with Crippen molar-refractivity contribution in [3.8, 4) is 5.75 Å². The Labute approximate surface area is 89.0 Å². The number of ketones is 1. The van der Waals surface area contributed by atoms with E-state index >= 15 is 0 Å². The van der Waals surface area contributed by atoms with Crippen molar-refractivity contribution < 1.29 is 9.53 Å². The second-order valence-electron chi connectivity index (χ2n) is 2.78. The fourth-order valence-corrected chi connectivity index (χ4v) is 1.74. The van der Waals surface area contributed by atoms with Crippen LogP contribution in [0, 0.1) is 0 Å². The second kappa shape index (κ2) is 3.31. The number of hydrogen-bond donors (Lipinski definition) is 0. The smallest absolute Gasteiger partial charge is 0.170 e. The van der Waals surface area contributed by atoms with Crippen molar-refractivity contribution in [2.24, 2.45) is 0 Å². The van der Waals surface area contributed by atoms with Gasteiger partial charge in [0.2, 0.25) is 0 Å². The first-order chi connectivity index (χ1) is 6.18. The summed E-state index contributed by atoms with van der Waals surface area (Å²) in [5, 5.41) is 0.539. The molecule has 68 valence electrons. The van der Waals surface area contributed by atoms with Crippen molar-refractivity contribution in [2.75, 3.05) is 6.61 Å². The number of halogens is 2. The normalized spacial score (nSPS) is 15.1. The summed E-state index contributed by atoms with van der Waals surface area (Å²) in [5.41, 5.74) is 0.583. The van der Waals surface area contributed by atoms with Gasteiger partial charge in [-0.05, 0) is 28.1 Å². The molecule has 1 aromatic rings. The number of fused-ring (bicyclic) bond motifs is 1. The number of Topliss-reactive ketones (excluding diaryl/α,β-unsaturated/α-hetero) is 1. The fraction of sp³-hybridized carbons (Fsp3) is 0.222. The first kappa shape index (κ1) is 9.03. The van der Waals surface area contributed by atoms with Crippen LogP contribution in [0.1, 0.15) is 16.8 Å². The molecule has 1 aromatic carbocycles. The van der Waals surface area contributed by atoms with Crippen LogP contribution in [0.4, 0.5) is 0 Å². The third-order valence-corrected chi connectivity index (χ3v) is 3.11. The molecule has 0 radical (unpaired) electrons. The highest BCUT2D eigenvalue weighted by Gasteiger charge is 2.19. The molecule has 4 heteroatoms. The summed E-state index contributed by atoms with van der Waals surface area (Å²) >= 11 is 9.13. The lowest BCUT2D eigenvalue weighted by Crippen LogP contribution is -2.15. The maximum absolute atomic E-state index is 11.4. The van der Waals surface area contributed by atoms with Crippen LogP contribution >= 0.6 is 27.5 Å². The van der Waals surface area contributed by atoms with Crippen LogP contribution in [0.2, 0.25) is 5.02 Å². The van der Waals surface area contributed by atoms with E-state index in [0.717, 1.165) is 4.47 Å². The molecule has 0 amide bonds. The molecule has 13 heavy (non-hydrogen) atoms. The van der Waals surface area contributed by atoms with Gasteiger partial charge in [-0.1, -0.05) is 11.6 Å². The number of rotatable bonds is 0. The Morgan fingerprint density at radius 3 is 3.00 bits per heavy atom. The van der Waals surface area contributed by atoms with Crippen molar-refractivity contribution in [2.45, 2.75) is 6.42 Å². The van der Waals surface area contributed by atoms with E-state index in [1.807, 2.05) is 0 Å². The molecule has 0 unspecified atom stereocenters. The minimum atomic E-state index is 0.0932. The predicted octanol–water partition coefficient (Wildman–Crippen LogP) is 3.07. The van der Waals surface area contributed by atoms with Gasteiger partial charge in [0, 0.05) is 10.9 Å². The molecule has 0 atom stereocenters. The summed E-state index contributed by atoms with van der Waals surface area (Å²) < 4.78 is 6.07. The van der Waals surface area contributed by atoms with E-state index in [1.54, 1.807) is 12.1 Å². The Morgan fingerprint density at radius 1 is 1.46 bits per heavy atom. The van der Waals surface area contributed by atoms with Crippen LogP contribution in [0.3, 0.4) is 0 Å². The van der Waals surface area contributed by atoms with Gasteiger partial charge in [-0.3, -0.25) is 4.79 Å². The molecule has 0 saturated carbocycles. The van der Waals surface area contributed by atoms with Crippen LogP contribution in [0.5, 0.6) is 5.75 Å². The molecule has 1 heterocycles. The van der Waals surface area contributed by atoms with Crippen molar-refractivity contribution in [3.63, 3.8) is 0 Å². The van der Waals surface area contributed by atoms with E-state index in [1.165, 1.54) is 0 Å². The molecule has 2 rings (SSSR count). The van der Waals surface area contributed by atoms with Gasteiger partial charge in [0.05, 0.1) is 17.2 Å². The van der Waals surface area contributed by atoms with Crippen molar-refractivity contribution >= 4 is 33.3 Å². The zero-order chi connectivity index (χ0) is 9.42. The van der Waals surface area contributed by atoms with Crippen molar-refractivity contribution in [1.82, 2.24) is 0 Å². The summed E-state index contributed by atoms with van der Waals surface area (Å²) in [4.78, 5) is 11.4. The van der Waals surface area contributed by atoms with E-state index in [9.17, 15) is 4.79 Å². The van der Waals surface area contributed by atoms with E-state index in [2.05, 4.69) is 15.9 Å². The minimum absolute atomic E-state index is 0.0932. The lowest BCUT2D eigenvalue weighted by atomic mass is 10.1. The molecular formula is C9H6BrClO2. The molecule has 0 bridgehead atoms. The Hall–Kier alpha value is -0.540. The third-order valence-electron chi connectivity index (χ3n) is 1.91. The monoisotopic (exact) mass is 260 g/mol. The SMILES string of the molecule is O=C1CCOc2cc(Br)c(Cl)cc21. The molecule has 0 aliphatic carbocycles. The second-order valence-corrected chi connectivity index (χ2v) is 4.05. The molecule has 2 nitrogen and oxygen atoms in total. The number of benzene rings is 1. The van der Waals surface area contributed by atoms with Crippen LogP contribution < -0.4 is 4.74 Å². The average Bonchev–Trinajstić information content (AvgIpc) is 2.09. The van der Waals surface area contributed by atoms with Crippen LogP contribution in [-0.2, 0) is 0 Å². The zero-order valence-corrected chi connectivity index (χ0v) is 8.98. The highest BCUT2D eigenvalue weighted by molar-refractivity contribution is 9.10. The van der Waals surface area contributed by atoms with Gasteiger partial charge in [-0.2, -0.15) is 0 Å². The third kappa shape index (κ3) is 1.58. The van der Waals surface area contributed by atoms with E-state index < -0.39 is 0 Å². The van der Waals surface area contributed by atoms with Gasteiger partial charge in [0.25, 0.3) is 0 Å². The maximum Gasteiger partial charge on any atom is 0.170 e. The summed E-state index contributed by atoms with van der Waals surface area (Å²) in [6, 6.07) is 3.37. The molecule has 1 aliphatic rings. The first-order valence-electron chi connectivity index (χ1n) is 3.83. The van der Waals surface area contributed by atoms with E-state index in [-0.39, 0.29) is 5.78 Å². The Bertz CT molecular complexity index is 376. The highest BCUT2D eigenvalue weighted by Crippen LogP contribution is 2.33. The largest absolute Gasteiger partial charge is 0.492 e. The summed E-state index contributed by atoms with van der Waals surface area (Å²) in [6.07, 6.45) is 0.435. The number of carbonyl (C=O) groups is 1. The molecule has 0 fully saturated rings. The van der Waals surface area contributed by atoms with E-state index in [0.29, 0.717) is 29.4 Å². The number of ether oxygens (including phenoxy) is 1. The van der Waals surface area contributed by atoms with E-state index in [4.69, 9.17) is 16.3 Å². The zero-order valence-electron chi connectivity index (χ0n) is 6.64. The van der Waals surface area contributed by atoms with Gasteiger partial charge >= 0.3 is 0 Å². The van der Waals surface area contributed by atoms with Crippen molar-refractivity contribution in [3.05, 3.63) is 27.2 Å². The van der Waals surface area contributed by atoms with Gasteiger partial charge < -0.3 is 4.74 Å².